The number of nitrogens with one attached hydrogen (secondary N) is 3. The number of amides is 1. The Morgan fingerprint density at radius 2 is 2.24 bits per heavy atom. The van der Waals surface area contributed by atoms with Crippen LogP contribution in [0.4, 0.5) is 0 Å². The third-order valence-corrected chi connectivity index (χ3v) is 3.09. The summed E-state index contributed by atoms with van der Waals surface area (Å²) in [5, 5.41) is 9.26. The van der Waals surface area contributed by atoms with E-state index >= 15 is 0 Å². The number of aromatic amines is 2. The summed E-state index contributed by atoms with van der Waals surface area (Å²) in [6, 6.07) is -0.389. The monoisotopic (exact) mass is 288 g/mol. The fourth-order valence-electron chi connectivity index (χ4n) is 2.09. The smallest absolute Gasteiger partial charge is 0.262 e. The second-order valence-electron chi connectivity index (χ2n) is 4.51. The van der Waals surface area contributed by atoms with Crippen molar-refractivity contribution in [3.8, 4) is 0 Å². The lowest BCUT2D eigenvalue weighted by molar-refractivity contribution is 0.0938. The summed E-state index contributed by atoms with van der Waals surface area (Å²) < 4.78 is 5.35. The molecule has 3 heterocycles. The molecule has 0 fully saturated rings. The maximum absolute atomic E-state index is 12.4. The van der Waals surface area contributed by atoms with Gasteiger partial charge in [-0.1, -0.05) is 0 Å². The second-order valence-corrected chi connectivity index (χ2v) is 4.51. The number of furan rings is 1. The Morgan fingerprint density at radius 1 is 1.43 bits per heavy atom. The average molecular weight is 288 g/mol. The molecule has 0 aliphatic heterocycles. The largest absolute Gasteiger partial charge is 0.442 e. The van der Waals surface area contributed by atoms with E-state index in [1.54, 1.807) is 13.8 Å². The lowest BCUT2D eigenvalue weighted by atomic mass is 10.1. The molecule has 3 rings (SSSR count). The minimum atomic E-state index is -0.436. The van der Waals surface area contributed by atoms with Crippen LogP contribution in [0.2, 0.25) is 0 Å². The predicted molar refractivity (Wildman–Crippen MR) is 71.6 cm³/mol. The summed E-state index contributed by atoms with van der Waals surface area (Å²) in [7, 11) is 0. The van der Waals surface area contributed by atoms with Crippen molar-refractivity contribution in [2.45, 2.75) is 19.9 Å². The minimum Gasteiger partial charge on any atom is -0.442 e. The molecule has 3 aromatic rings. The average Bonchev–Trinajstić information content (AvgIpc) is 3.05. The first kappa shape index (κ1) is 13.0. The molecule has 108 valence electrons. The van der Waals surface area contributed by atoms with Gasteiger partial charge in [-0.3, -0.25) is 14.7 Å². The minimum absolute atomic E-state index is 0.133. The van der Waals surface area contributed by atoms with Crippen LogP contribution in [-0.2, 0) is 0 Å². The lowest BCUT2D eigenvalue weighted by Crippen LogP contribution is -2.28. The number of H-pyrrole nitrogens is 2. The third kappa shape index (κ3) is 2.18. The number of rotatable bonds is 3. The Bertz CT molecular complexity index is 848. The van der Waals surface area contributed by atoms with E-state index in [-0.39, 0.29) is 22.7 Å². The number of aromatic nitrogens is 5. The standard InChI is InChI=1S/C12H12N6O3/c1-5(9-13-4-16-18-9)17-11(20)7-6(2)21-12-8(7)10(19)14-3-15-12/h3-5H,1-2H3,(H,17,20)(H,13,16,18)(H,14,15,19). The van der Waals surface area contributed by atoms with E-state index in [4.69, 9.17) is 4.42 Å². The first-order valence-corrected chi connectivity index (χ1v) is 6.21. The van der Waals surface area contributed by atoms with E-state index in [1.807, 2.05) is 0 Å². The fourth-order valence-corrected chi connectivity index (χ4v) is 2.09. The molecule has 0 aromatic carbocycles. The van der Waals surface area contributed by atoms with Gasteiger partial charge in [0.15, 0.2) is 0 Å². The van der Waals surface area contributed by atoms with Gasteiger partial charge in [0.25, 0.3) is 11.5 Å². The van der Waals surface area contributed by atoms with Crippen LogP contribution in [0.15, 0.2) is 21.9 Å². The molecule has 1 atom stereocenters. The molecule has 0 bridgehead atoms. The van der Waals surface area contributed by atoms with Gasteiger partial charge in [0.05, 0.1) is 17.9 Å². The fraction of sp³-hybridized carbons (Fsp3) is 0.250. The molecule has 1 amide bonds. The molecule has 3 N–H and O–H groups in total. The van der Waals surface area contributed by atoms with Crippen molar-refractivity contribution in [3.63, 3.8) is 0 Å². The van der Waals surface area contributed by atoms with Crippen LogP contribution in [0, 0.1) is 6.92 Å². The first-order chi connectivity index (χ1) is 10.1. The molecule has 9 nitrogen and oxygen atoms in total. The topological polar surface area (TPSA) is 130 Å². The van der Waals surface area contributed by atoms with Crippen molar-refractivity contribution < 1.29 is 9.21 Å². The number of nitrogens with zero attached hydrogens (tertiary/aromatic N) is 3. The number of fused-ring (bicyclic) bond motifs is 1. The zero-order chi connectivity index (χ0) is 15.0. The molecule has 1 unspecified atom stereocenters. The van der Waals surface area contributed by atoms with Crippen LogP contribution in [0.3, 0.4) is 0 Å². The summed E-state index contributed by atoms with van der Waals surface area (Å²) in [4.78, 5) is 34.6. The van der Waals surface area contributed by atoms with Crippen molar-refractivity contribution in [1.82, 2.24) is 30.5 Å². The summed E-state index contributed by atoms with van der Waals surface area (Å²) in [5.41, 5.74) is -0.117. The Morgan fingerprint density at radius 3 is 2.95 bits per heavy atom. The van der Waals surface area contributed by atoms with Crippen molar-refractivity contribution in [2.24, 2.45) is 0 Å². The van der Waals surface area contributed by atoms with Gasteiger partial charge in [-0.15, -0.1) is 0 Å². The van der Waals surface area contributed by atoms with Crippen molar-refractivity contribution >= 4 is 17.0 Å². The number of hydrogen-bond donors (Lipinski definition) is 3. The summed E-state index contributed by atoms with van der Waals surface area (Å²) in [6.45, 7) is 3.35. The Labute approximate surface area is 117 Å². The predicted octanol–water partition coefficient (Wildman–Crippen LogP) is 0.434. The van der Waals surface area contributed by atoms with Crippen LogP contribution in [0.1, 0.15) is 34.9 Å². The zero-order valence-corrected chi connectivity index (χ0v) is 11.3. The van der Waals surface area contributed by atoms with Crippen molar-refractivity contribution in [1.29, 1.82) is 0 Å². The highest BCUT2D eigenvalue weighted by atomic mass is 16.3. The molecular formula is C12H12N6O3. The Balaban J connectivity index is 1.99. The van der Waals surface area contributed by atoms with Crippen LogP contribution in [0.5, 0.6) is 0 Å². The molecule has 0 aliphatic rings. The first-order valence-electron chi connectivity index (χ1n) is 6.21. The van der Waals surface area contributed by atoms with Crippen LogP contribution in [-0.4, -0.2) is 31.1 Å². The van der Waals surface area contributed by atoms with E-state index in [0.29, 0.717) is 11.6 Å². The number of carbonyl (C=O) groups excluding carboxylic acids is 1. The van der Waals surface area contributed by atoms with E-state index in [0.717, 1.165) is 0 Å². The van der Waals surface area contributed by atoms with Gasteiger partial charge in [-0.2, -0.15) is 5.10 Å². The van der Waals surface area contributed by atoms with Gasteiger partial charge in [-0.25, -0.2) is 9.97 Å². The van der Waals surface area contributed by atoms with Gasteiger partial charge in [0, 0.05) is 0 Å². The molecule has 21 heavy (non-hydrogen) atoms. The van der Waals surface area contributed by atoms with Gasteiger partial charge < -0.3 is 14.7 Å². The highest BCUT2D eigenvalue weighted by Gasteiger charge is 2.23. The SMILES string of the molecule is Cc1oc2nc[nH]c(=O)c2c1C(=O)NC(C)c1ncn[nH]1. The second kappa shape index (κ2) is 4.85. The lowest BCUT2D eigenvalue weighted by Gasteiger charge is -2.10. The Kier molecular flexibility index (Phi) is 3.01. The highest BCUT2D eigenvalue weighted by molar-refractivity contribution is 6.06. The third-order valence-electron chi connectivity index (χ3n) is 3.09. The summed E-state index contributed by atoms with van der Waals surface area (Å²) in [6.07, 6.45) is 2.58. The van der Waals surface area contributed by atoms with Crippen molar-refractivity contribution in [3.05, 3.63) is 40.2 Å². The molecule has 9 heteroatoms. The van der Waals surface area contributed by atoms with Gasteiger partial charge >= 0.3 is 0 Å². The zero-order valence-electron chi connectivity index (χ0n) is 11.3. The maximum atomic E-state index is 12.4. The molecule has 0 radical (unpaired) electrons. The van der Waals surface area contributed by atoms with Gasteiger partial charge in [0.2, 0.25) is 5.71 Å². The van der Waals surface area contributed by atoms with E-state index in [9.17, 15) is 9.59 Å². The van der Waals surface area contributed by atoms with Crippen molar-refractivity contribution in [2.75, 3.05) is 0 Å². The number of carbonyl (C=O) groups is 1. The van der Waals surface area contributed by atoms with Crippen LogP contribution >= 0.6 is 0 Å². The quantitative estimate of drug-likeness (QED) is 0.641. The molecule has 0 saturated heterocycles. The Hall–Kier alpha value is -2.97. The molecular weight excluding hydrogens is 276 g/mol. The van der Waals surface area contributed by atoms with Crippen LogP contribution < -0.4 is 10.9 Å². The molecule has 0 spiro atoms. The van der Waals surface area contributed by atoms with E-state index < -0.39 is 11.5 Å². The highest BCUT2D eigenvalue weighted by Crippen LogP contribution is 2.21. The molecule has 0 saturated carbocycles. The van der Waals surface area contributed by atoms with E-state index in [2.05, 4.69) is 30.5 Å². The summed E-state index contributed by atoms with van der Waals surface area (Å²) >= 11 is 0. The number of aryl methyl sites for hydroxylation is 1. The van der Waals surface area contributed by atoms with E-state index in [1.165, 1.54) is 12.7 Å². The molecule has 0 aliphatic carbocycles. The van der Waals surface area contributed by atoms with Crippen LogP contribution in [0.25, 0.3) is 11.1 Å². The van der Waals surface area contributed by atoms with Gasteiger partial charge in [-0.05, 0) is 13.8 Å². The summed E-state index contributed by atoms with van der Waals surface area (Å²) in [5.74, 6) is 0.408. The maximum Gasteiger partial charge on any atom is 0.262 e. The number of hydrogen-bond acceptors (Lipinski definition) is 6. The normalized spacial score (nSPS) is 12.5. The molecule has 3 aromatic heterocycles. The van der Waals surface area contributed by atoms with Gasteiger partial charge in [0.1, 0.15) is 23.3 Å².